The lowest BCUT2D eigenvalue weighted by atomic mass is 10.1. The lowest BCUT2D eigenvalue weighted by Crippen LogP contribution is -1.98. The Morgan fingerprint density at radius 1 is 1.20 bits per heavy atom. The van der Waals surface area contributed by atoms with E-state index in [0.29, 0.717) is 5.82 Å². The number of phenols is 1. The second-order valence-corrected chi connectivity index (χ2v) is 4.59. The van der Waals surface area contributed by atoms with Gasteiger partial charge in [0.05, 0.1) is 23.9 Å². The summed E-state index contributed by atoms with van der Waals surface area (Å²) in [4.78, 5) is 8.20. The monoisotopic (exact) mass is 266 g/mol. The van der Waals surface area contributed by atoms with Gasteiger partial charge in [-0.05, 0) is 42.8 Å². The number of benzene rings is 1. The van der Waals surface area contributed by atoms with Gasteiger partial charge in [0.25, 0.3) is 0 Å². The highest BCUT2D eigenvalue weighted by atomic mass is 16.3. The second kappa shape index (κ2) is 4.70. The Labute approximate surface area is 116 Å². The zero-order chi connectivity index (χ0) is 14.1. The van der Waals surface area contributed by atoms with Crippen molar-refractivity contribution >= 4 is 5.82 Å². The molecular formula is C15H14N4O. The van der Waals surface area contributed by atoms with Crippen molar-refractivity contribution in [3.05, 3.63) is 54.6 Å². The molecule has 0 aliphatic carbocycles. The van der Waals surface area contributed by atoms with Crippen LogP contribution in [0.2, 0.25) is 0 Å². The first kappa shape index (κ1) is 12.2. The Bertz CT molecular complexity index is 764. The molecule has 1 aromatic carbocycles. The number of nitrogens with zero attached hydrogens (tertiary/aromatic N) is 3. The molecule has 0 saturated carbocycles. The highest BCUT2D eigenvalue weighted by Crippen LogP contribution is 2.26. The fourth-order valence-electron chi connectivity index (χ4n) is 2.22. The van der Waals surface area contributed by atoms with Crippen molar-refractivity contribution in [1.29, 1.82) is 0 Å². The summed E-state index contributed by atoms with van der Waals surface area (Å²) in [5.41, 5.74) is 9.53. The van der Waals surface area contributed by atoms with Crippen LogP contribution < -0.4 is 5.73 Å². The lowest BCUT2D eigenvalue weighted by Gasteiger charge is -2.11. The van der Waals surface area contributed by atoms with Crippen molar-refractivity contribution in [2.75, 3.05) is 5.73 Å². The summed E-state index contributed by atoms with van der Waals surface area (Å²) in [5.74, 6) is 0.721. The van der Waals surface area contributed by atoms with Gasteiger partial charge in [-0.2, -0.15) is 0 Å². The van der Waals surface area contributed by atoms with Crippen molar-refractivity contribution in [3.8, 4) is 22.7 Å². The highest BCUT2D eigenvalue weighted by molar-refractivity contribution is 5.65. The number of rotatable bonds is 2. The summed E-state index contributed by atoms with van der Waals surface area (Å²) in [5, 5.41) is 9.51. The van der Waals surface area contributed by atoms with Crippen molar-refractivity contribution < 1.29 is 5.11 Å². The summed E-state index contributed by atoms with van der Waals surface area (Å²) < 4.78 is 1.96. The van der Waals surface area contributed by atoms with Crippen LogP contribution >= 0.6 is 0 Å². The Balaban J connectivity index is 2.15. The van der Waals surface area contributed by atoms with Crippen LogP contribution in [0.5, 0.6) is 5.75 Å². The minimum absolute atomic E-state index is 0.251. The Kier molecular flexibility index (Phi) is 2.87. The number of nitrogens with two attached hydrogens (primary N) is 1. The van der Waals surface area contributed by atoms with Gasteiger partial charge < -0.3 is 10.8 Å². The molecule has 3 aromatic rings. The number of hydrogen-bond acceptors (Lipinski definition) is 4. The van der Waals surface area contributed by atoms with E-state index in [0.717, 1.165) is 22.5 Å². The van der Waals surface area contributed by atoms with Crippen molar-refractivity contribution in [3.63, 3.8) is 0 Å². The van der Waals surface area contributed by atoms with E-state index in [1.54, 1.807) is 30.9 Å². The Morgan fingerprint density at radius 2 is 2.05 bits per heavy atom. The van der Waals surface area contributed by atoms with Crippen LogP contribution in [0.25, 0.3) is 16.9 Å². The van der Waals surface area contributed by atoms with E-state index in [1.807, 2.05) is 29.7 Å². The molecule has 0 aliphatic rings. The number of nitrogen functional groups attached to an aromatic ring is 1. The number of anilines is 1. The molecule has 2 heterocycles. The van der Waals surface area contributed by atoms with Crippen LogP contribution in [-0.2, 0) is 0 Å². The first-order valence-corrected chi connectivity index (χ1v) is 6.19. The highest BCUT2D eigenvalue weighted by Gasteiger charge is 2.09. The largest absolute Gasteiger partial charge is 0.508 e. The fraction of sp³-hybridized carbons (Fsp3) is 0.0667. The maximum absolute atomic E-state index is 9.51. The van der Waals surface area contributed by atoms with Crippen LogP contribution in [0.3, 0.4) is 0 Å². The smallest absolute Gasteiger partial charge is 0.123 e. The van der Waals surface area contributed by atoms with Crippen LogP contribution in [0.4, 0.5) is 5.82 Å². The average molecular weight is 266 g/mol. The van der Waals surface area contributed by atoms with E-state index in [4.69, 9.17) is 5.73 Å². The van der Waals surface area contributed by atoms with Gasteiger partial charge in [-0.3, -0.25) is 4.57 Å². The molecule has 0 fully saturated rings. The molecule has 0 radical (unpaired) electrons. The number of hydrogen-bond donors (Lipinski definition) is 2. The number of aromatic hydroxyl groups is 1. The number of pyridine rings is 1. The predicted molar refractivity (Wildman–Crippen MR) is 77.6 cm³/mol. The molecule has 0 bridgehead atoms. The number of aryl methyl sites for hydroxylation is 1. The summed E-state index contributed by atoms with van der Waals surface area (Å²) in [6.45, 7) is 1.94. The maximum atomic E-state index is 9.51. The molecule has 0 aliphatic heterocycles. The molecule has 5 nitrogen and oxygen atoms in total. The van der Waals surface area contributed by atoms with E-state index in [2.05, 4.69) is 9.97 Å². The van der Waals surface area contributed by atoms with E-state index < -0.39 is 0 Å². The van der Waals surface area contributed by atoms with Gasteiger partial charge in [-0.1, -0.05) is 0 Å². The summed E-state index contributed by atoms with van der Waals surface area (Å²) in [7, 11) is 0. The van der Waals surface area contributed by atoms with Crippen molar-refractivity contribution in [2.45, 2.75) is 6.92 Å². The SMILES string of the molecule is Cc1cc(O)ccc1-n1cncc1-c1ccnc(N)c1. The van der Waals surface area contributed by atoms with Crippen LogP contribution in [0, 0.1) is 6.92 Å². The summed E-state index contributed by atoms with van der Waals surface area (Å²) in [6.07, 6.45) is 5.19. The lowest BCUT2D eigenvalue weighted by molar-refractivity contribution is 0.475. The van der Waals surface area contributed by atoms with Gasteiger partial charge in [0.15, 0.2) is 0 Å². The zero-order valence-corrected chi connectivity index (χ0v) is 11.0. The number of aromatic nitrogens is 3. The average Bonchev–Trinajstić information content (AvgIpc) is 2.87. The second-order valence-electron chi connectivity index (χ2n) is 4.59. The maximum Gasteiger partial charge on any atom is 0.123 e. The molecule has 3 N–H and O–H groups in total. The Morgan fingerprint density at radius 3 is 2.80 bits per heavy atom. The normalized spacial score (nSPS) is 10.7. The van der Waals surface area contributed by atoms with E-state index in [1.165, 1.54) is 0 Å². The van der Waals surface area contributed by atoms with Gasteiger partial charge in [0.1, 0.15) is 11.6 Å². The third kappa shape index (κ3) is 2.09. The van der Waals surface area contributed by atoms with Crippen molar-refractivity contribution in [2.24, 2.45) is 0 Å². The molecular weight excluding hydrogens is 252 g/mol. The van der Waals surface area contributed by atoms with Gasteiger partial charge in [-0.15, -0.1) is 0 Å². The minimum Gasteiger partial charge on any atom is -0.508 e. The predicted octanol–water partition coefficient (Wildman–Crippen LogP) is 2.53. The molecule has 20 heavy (non-hydrogen) atoms. The molecule has 0 unspecified atom stereocenters. The molecule has 0 amide bonds. The molecule has 0 spiro atoms. The minimum atomic E-state index is 0.251. The standard InChI is InChI=1S/C15H14N4O/c1-10-6-12(20)2-3-13(10)19-9-17-8-14(19)11-4-5-18-15(16)7-11/h2-9,20H,1H3,(H2,16,18). The number of imidazole rings is 1. The summed E-state index contributed by atoms with van der Waals surface area (Å²) in [6, 6.07) is 8.94. The van der Waals surface area contributed by atoms with Gasteiger partial charge in [0.2, 0.25) is 0 Å². The molecule has 5 heteroatoms. The van der Waals surface area contributed by atoms with Gasteiger partial charge in [-0.25, -0.2) is 9.97 Å². The molecule has 0 saturated heterocycles. The first-order chi connectivity index (χ1) is 9.65. The number of phenolic OH excluding ortho intramolecular Hbond substituents is 1. The molecule has 2 aromatic heterocycles. The van der Waals surface area contributed by atoms with Crippen LogP contribution in [0.1, 0.15) is 5.56 Å². The third-order valence-corrected chi connectivity index (χ3v) is 3.16. The van der Waals surface area contributed by atoms with Crippen LogP contribution in [0.15, 0.2) is 49.1 Å². The van der Waals surface area contributed by atoms with Gasteiger partial charge in [0, 0.05) is 11.8 Å². The first-order valence-electron chi connectivity index (χ1n) is 6.19. The quantitative estimate of drug-likeness (QED) is 0.747. The summed E-state index contributed by atoms with van der Waals surface area (Å²) >= 11 is 0. The van der Waals surface area contributed by atoms with E-state index >= 15 is 0 Å². The molecule has 3 rings (SSSR count). The van der Waals surface area contributed by atoms with Crippen molar-refractivity contribution in [1.82, 2.24) is 14.5 Å². The topological polar surface area (TPSA) is 77.0 Å². The molecule has 0 atom stereocenters. The van der Waals surface area contributed by atoms with Gasteiger partial charge >= 0.3 is 0 Å². The fourth-order valence-corrected chi connectivity index (χ4v) is 2.22. The Hall–Kier alpha value is -2.82. The van der Waals surface area contributed by atoms with Crippen LogP contribution in [-0.4, -0.2) is 19.6 Å². The van der Waals surface area contributed by atoms with E-state index in [-0.39, 0.29) is 5.75 Å². The van der Waals surface area contributed by atoms with E-state index in [9.17, 15) is 5.11 Å². The zero-order valence-electron chi connectivity index (χ0n) is 11.0. The molecule has 100 valence electrons. The third-order valence-electron chi connectivity index (χ3n) is 3.16.